The van der Waals surface area contributed by atoms with Gasteiger partial charge in [-0.15, -0.1) is 0 Å². The van der Waals surface area contributed by atoms with Crippen molar-refractivity contribution in [1.29, 1.82) is 0 Å². The molecule has 0 fully saturated rings. The van der Waals surface area contributed by atoms with Crippen LogP contribution < -0.4 is 9.04 Å². The molecule has 1 amide bonds. The first-order valence-electron chi connectivity index (χ1n) is 7.73. The van der Waals surface area contributed by atoms with Gasteiger partial charge in [0.2, 0.25) is 15.9 Å². The van der Waals surface area contributed by atoms with Gasteiger partial charge in [0.1, 0.15) is 5.75 Å². The maximum absolute atomic E-state index is 12.1. The second-order valence-electron chi connectivity index (χ2n) is 5.18. The molecule has 7 heteroatoms. The number of rotatable bonds is 9. The summed E-state index contributed by atoms with van der Waals surface area (Å²) >= 11 is 0. The van der Waals surface area contributed by atoms with Crippen molar-refractivity contribution in [1.82, 2.24) is 4.90 Å². The fourth-order valence-electron chi connectivity index (χ4n) is 2.41. The number of hydrogen-bond acceptors (Lipinski definition) is 4. The number of benzene rings is 1. The highest BCUT2D eigenvalue weighted by Gasteiger charge is 2.21. The minimum atomic E-state index is -3.45. The van der Waals surface area contributed by atoms with Gasteiger partial charge in [-0.05, 0) is 32.4 Å². The molecule has 0 N–H and O–H groups in total. The van der Waals surface area contributed by atoms with Crippen LogP contribution in [0.15, 0.2) is 24.3 Å². The highest BCUT2D eigenvalue weighted by molar-refractivity contribution is 7.92. The highest BCUT2D eigenvalue weighted by Crippen LogP contribution is 2.29. The highest BCUT2D eigenvalue weighted by atomic mass is 32.2. The van der Waals surface area contributed by atoms with Crippen LogP contribution in [0.5, 0.6) is 5.75 Å². The Kier molecular flexibility index (Phi) is 7.35. The van der Waals surface area contributed by atoms with Crippen LogP contribution in [0.25, 0.3) is 0 Å². The molecule has 6 nitrogen and oxygen atoms in total. The fourth-order valence-corrected chi connectivity index (χ4v) is 3.38. The van der Waals surface area contributed by atoms with E-state index in [0.717, 1.165) is 6.26 Å². The summed E-state index contributed by atoms with van der Waals surface area (Å²) in [6.45, 7) is 5.43. The number of para-hydroxylation sites is 2. The number of hydrogen-bond donors (Lipinski definition) is 0. The summed E-state index contributed by atoms with van der Waals surface area (Å²) in [5, 5.41) is 0. The average Bonchev–Trinajstić information content (AvgIpc) is 2.51. The lowest BCUT2D eigenvalue weighted by Crippen LogP contribution is -2.34. The molecular weight excluding hydrogens is 316 g/mol. The fraction of sp³-hybridized carbons (Fsp3) is 0.562. The summed E-state index contributed by atoms with van der Waals surface area (Å²) in [7, 11) is -1.95. The first kappa shape index (κ1) is 19.3. The van der Waals surface area contributed by atoms with E-state index >= 15 is 0 Å². The number of anilines is 1. The quantitative estimate of drug-likeness (QED) is 0.689. The first-order chi connectivity index (χ1) is 10.8. The molecule has 0 spiro atoms. The third-order valence-corrected chi connectivity index (χ3v) is 4.80. The van der Waals surface area contributed by atoms with E-state index in [1.807, 2.05) is 13.8 Å². The van der Waals surface area contributed by atoms with Gasteiger partial charge in [-0.25, -0.2) is 8.42 Å². The van der Waals surface area contributed by atoms with Crippen molar-refractivity contribution in [2.24, 2.45) is 0 Å². The maximum atomic E-state index is 12.1. The molecule has 0 aromatic heterocycles. The summed E-state index contributed by atoms with van der Waals surface area (Å²) in [5.41, 5.74) is 0.493. The Bertz CT molecular complexity index is 612. The molecule has 0 atom stereocenters. The van der Waals surface area contributed by atoms with Crippen molar-refractivity contribution < 1.29 is 17.9 Å². The zero-order valence-electron chi connectivity index (χ0n) is 14.3. The zero-order valence-corrected chi connectivity index (χ0v) is 15.1. The molecule has 0 bridgehead atoms. The van der Waals surface area contributed by atoms with Crippen LogP contribution >= 0.6 is 0 Å². The molecule has 1 aromatic rings. The van der Waals surface area contributed by atoms with E-state index < -0.39 is 10.0 Å². The standard InChI is InChI=1S/C16H26N2O4S/c1-5-17(6-2)16(19)12-9-13-18(23(4,20)21)14-10-7-8-11-15(14)22-3/h7-8,10-11H,5-6,9,12-13H2,1-4H3. The van der Waals surface area contributed by atoms with E-state index in [0.29, 0.717) is 37.4 Å². The van der Waals surface area contributed by atoms with Gasteiger partial charge in [0.25, 0.3) is 0 Å². The van der Waals surface area contributed by atoms with E-state index in [-0.39, 0.29) is 12.5 Å². The molecular formula is C16H26N2O4S. The molecule has 0 radical (unpaired) electrons. The van der Waals surface area contributed by atoms with E-state index in [2.05, 4.69) is 0 Å². The van der Waals surface area contributed by atoms with Crippen molar-refractivity contribution >= 4 is 21.6 Å². The number of carbonyl (C=O) groups excluding carboxylic acids is 1. The van der Waals surface area contributed by atoms with Crippen LogP contribution in [0.2, 0.25) is 0 Å². The normalized spacial score (nSPS) is 11.1. The summed E-state index contributed by atoms with van der Waals surface area (Å²) in [4.78, 5) is 13.8. The largest absolute Gasteiger partial charge is 0.495 e. The van der Waals surface area contributed by atoms with Crippen molar-refractivity contribution in [3.63, 3.8) is 0 Å². The van der Waals surface area contributed by atoms with Gasteiger partial charge in [0.05, 0.1) is 19.1 Å². The van der Waals surface area contributed by atoms with Crippen molar-refractivity contribution in [3.8, 4) is 5.75 Å². The number of methoxy groups -OCH3 is 1. The van der Waals surface area contributed by atoms with E-state index in [4.69, 9.17) is 4.74 Å². The number of sulfonamides is 1. The van der Waals surface area contributed by atoms with E-state index in [1.54, 1.807) is 29.2 Å². The second-order valence-corrected chi connectivity index (χ2v) is 7.08. The van der Waals surface area contributed by atoms with Gasteiger partial charge in [0.15, 0.2) is 0 Å². The molecule has 23 heavy (non-hydrogen) atoms. The van der Waals surface area contributed by atoms with Gasteiger partial charge in [0, 0.05) is 26.1 Å². The Hall–Kier alpha value is -1.76. The number of nitrogens with zero attached hydrogens (tertiary/aromatic N) is 2. The number of carbonyl (C=O) groups is 1. The van der Waals surface area contributed by atoms with Crippen molar-refractivity contribution in [2.75, 3.05) is 37.3 Å². The van der Waals surface area contributed by atoms with Crippen LogP contribution in [0.1, 0.15) is 26.7 Å². The van der Waals surface area contributed by atoms with Gasteiger partial charge < -0.3 is 9.64 Å². The SMILES string of the molecule is CCN(CC)C(=O)CCCN(c1ccccc1OC)S(C)(=O)=O. The Balaban J connectivity index is 2.84. The third-order valence-electron chi connectivity index (χ3n) is 3.62. The Morgan fingerprint density at radius 2 is 1.78 bits per heavy atom. The van der Waals surface area contributed by atoms with Crippen LogP contribution in [0.3, 0.4) is 0 Å². The predicted molar refractivity (Wildman–Crippen MR) is 92.3 cm³/mol. The van der Waals surface area contributed by atoms with Crippen LogP contribution in [0.4, 0.5) is 5.69 Å². The molecule has 0 saturated carbocycles. The zero-order chi connectivity index (χ0) is 17.5. The molecule has 0 aliphatic heterocycles. The average molecular weight is 342 g/mol. The minimum Gasteiger partial charge on any atom is -0.495 e. The molecule has 0 unspecified atom stereocenters. The molecule has 0 aliphatic carbocycles. The smallest absolute Gasteiger partial charge is 0.232 e. The first-order valence-corrected chi connectivity index (χ1v) is 9.58. The minimum absolute atomic E-state index is 0.0449. The Morgan fingerprint density at radius 1 is 1.17 bits per heavy atom. The van der Waals surface area contributed by atoms with Crippen molar-refractivity contribution in [3.05, 3.63) is 24.3 Å². The molecule has 0 saturated heterocycles. The number of ether oxygens (including phenoxy) is 1. The molecule has 130 valence electrons. The van der Waals surface area contributed by atoms with Gasteiger partial charge >= 0.3 is 0 Å². The summed E-state index contributed by atoms with van der Waals surface area (Å²) in [5.74, 6) is 0.538. The maximum Gasteiger partial charge on any atom is 0.232 e. The van der Waals surface area contributed by atoms with Crippen LogP contribution in [-0.2, 0) is 14.8 Å². The summed E-state index contributed by atoms with van der Waals surface area (Å²) in [6, 6.07) is 6.96. The van der Waals surface area contributed by atoms with Crippen LogP contribution in [-0.4, -0.2) is 52.2 Å². The number of amides is 1. The second kappa shape index (κ2) is 8.76. The third kappa shape index (κ3) is 5.42. The monoisotopic (exact) mass is 342 g/mol. The van der Waals surface area contributed by atoms with Gasteiger partial charge in [-0.3, -0.25) is 9.10 Å². The van der Waals surface area contributed by atoms with E-state index in [1.165, 1.54) is 11.4 Å². The summed E-state index contributed by atoms with van der Waals surface area (Å²) in [6.07, 6.45) is 1.94. The Labute approximate surface area is 139 Å². The van der Waals surface area contributed by atoms with Crippen molar-refractivity contribution in [2.45, 2.75) is 26.7 Å². The molecule has 1 rings (SSSR count). The lowest BCUT2D eigenvalue weighted by atomic mass is 10.2. The molecule has 0 heterocycles. The van der Waals surface area contributed by atoms with Gasteiger partial charge in [-0.1, -0.05) is 12.1 Å². The lowest BCUT2D eigenvalue weighted by molar-refractivity contribution is -0.130. The molecule has 0 aliphatic rings. The predicted octanol–water partition coefficient (Wildman–Crippen LogP) is 2.11. The van der Waals surface area contributed by atoms with Gasteiger partial charge in [-0.2, -0.15) is 0 Å². The summed E-state index contributed by atoms with van der Waals surface area (Å²) < 4.78 is 30.7. The lowest BCUT2D eigenvalue weighted by Gasteiger charge is -2.25. The van der Waals surface area contributed by atoms with Crippen LogP contribution in [0, 0.1) is 0 Å². The van der Waals surface area contributed by atoms with E-state index in [9.17, 15) is 13.2 Å². The topological polar surface area (TPSA) is 66.9 Å². The molecule has 1 aromatic carbocycles. The Morgan fingerprint density at radius 3 is 2.30 bits per heavy atom.